The lowest BCUT2D eigenvalue weighted by Crippen LogP contribution is -2.40. The van der Waals surface area contributed by atoms with Crippen molar-refractivity contribution < 1.29 is 14.7 Å². The molecule has 8 heteroatoms. The third-order valence-corrected chi connectivity index (χ3v) is 2.05. The number of nitrogens with one attached hydrogen (secondary N) is 2. The number of aromatic amines is 1. The van der Waals surface area contributed by atoms with Gasteiger partial charge in [-0.2, -0.15) is 5.21 Å². The number of carbonyl (C=O) groups excluding carboxylic acids is 1. The fourth-order valence-corrected chi connectivity index (χ4v) is 0.868. The first kappa shape index (κ1) is 11.1. The molecule has 0 saturated heterocycles. The van der Waals surface area contributed by atoms with Crippen molar-refractivity contribution in [2.45, 2.75) is 19.9 Å². The summed E-state index contributed by atoms with van der Waals surface area (Å²) >= 11 is 0. The Bertz CT molecular complexity index is 350. The van der Waals surface area contributed by atoms with Gasteiger partial charge in [0.05, 0.1) is 5.92 Å². The minimum Gasteiger partial charge on any atom is -0.481 e. The molecule has 8 nitrogen and oxygen atoms in total. The molecule has 0 spiro atoms. The molecule has 3 N–H and O–H groups in total. The molecule has 0 radical (unpaired) electrons. The number of carbonyl (C=O) groups is 2. The van der Waals surface area contributed by atoms with E-state index in [1.54, 1.807) is 6.92 Å². The van der Waals surface area contributed by atoms with Gasteiger partial charge in [-0.15, -0.1) is 10.2 Å². The van der Waals surface area contributed by atoms with Crippen molar-refractivity contribution >= 4 is 11.9 Å². The first-order valence-corrected chi connectivity index (χ1v) is 4.29. The number of carboxylic acid groups (broad SMARTS) is 1. The lowest BCUT2D eigenvalue weighted by molar-refractivity contribution is -0.141. The summed E-state index contributed by atoms with van der Waals surface area (Å²) in [5.74, 6) is -2.32. The second kappa shape index (κ2) is 4.49. The zero-order valence-corrected chi connectivity index (χ0v) is 8.26. The fraction of sp³-hybridized carbons (Fsp3) is 0.571. The molecule has 0 bridgehead atoms. The van der Waals surface area contributed by atoms with E-state index in [9.17, 15) is 9.59 Å². The second-order valence-corrected chi connectivity index (χ2v) is 3.12. The van der Waals surface area contributed by atoms with E-state index < -0.39 is 23.8 Å². The molecule has 0 saturated carbocycles. The van der Waals surface area contributed by atoms with E-state index in [0.717, 1.165) is 0 Å². The van der Waals surface area contributed by atoms with Gasteiger partial charge in [0, 0.05) is 6.04 Å². The fourth-order valence-electron chi connectivity index (χ4n) is 0.868. The minimum absolute atomic E-state index is 0.112. The lowest BCUT2D eigenvalue weighted by Gasteiger charge is -2.16. The zero-order valence-electron chi connectivity index (χ0n) is 8.26. The highest BCUT2D eigenvalue weighted by Gasteiger charge is 2.22. The predicted octanol–water partition coefficient (Wildman–Crippen LogP) is -0.961. The molecule has 1 amide bonds. The van der Waals surface area contributed by atoms with Crippen LogP contribution in [0.4, 0.5) is 0 Å². The van der Waals surface area contributed by atoms with Gasteiger partial charge < -0.3 is 10.4 Å². The van der Waals surface area contributed by atoms with E-state index >= 15 is 0 Å². The van der Waals surface area contributed by atoms with Gasteiger partial charge >= 0.3 is 5.97 Å². The zero-order chi connectivity index (χ0) is 11.4. The highest BCUT2D eigenvalue weighted by atomic mass is 16.4. The van der Waals surface area contributed by atoms with Gasteiger partial charge in [0.1, 0.15) is 0 Å². The van der Waals surface area contributed by atoms with Crippen molar-refractivity contribution in [3.8, 4) is 0 Å². The Morgan fingerprint density at radius 3 is 2.60 bits per heavy atom. The molecular formula is C7H11N5O3. The smallest absolute Gasteiger partial charge is 0.308 e. The Morgan fingerprint density at radius 1 is 1.47 bits per heavy atom. The molecule has 0 aliphatic carbocycles. The maximum atomic E-state index is 11.4. The summed E-state index contributed by atoms with van der Waals surface area (Å²) in [6.45, 7) is 3.10. The number of aromatic nitrogens is 4. The number of amides is 1. The largest absolute Gasteiger partial charge is 0.481 e. The number of hydrogen-bond donors (Lipinski definition) is 3. The number of tetrazole rings is 1. The van der Waals surface area contributed by atoms with Crippen LogP contribution in [0.2, 0.25) is 0 Å². The summed E-state index contributed by atoms with van der Waals surface area (Å²) < 4.78 is 0. The lowest BCUT2D eigenvalue weighted by atomic mass is 10.0. The van der Waals surface area contributed by atoms with E-state index in [-0.39, 0.29) is 5.82 Å². The monoisotopic (exact) mass is 213 g/mol. The van der Waals surface area contributed by atoms with Crippen LogP contribution in [0, 0.1) is 5.92 Å². The molecule has 1 aromatic rings. The first-order chi connectivity index (χ1) is 7.02. The van der Waals surface area contributed by atoms with Crippen molar-refractivity contribution in [3.05, 3.63) is 5.82 Å². The van der Waals surface area contributed by atoms with Gasteiger partial charge in [0.2, 0.25) is 0 Å². The Labute approximate surface area is 85.1 Å². The van der Waals surface area contributed by atoms with Gasteiger partial charge in [-0.05, 0) is 19.1 Å². The molecule has 0 aromatic carbocycles. The van der Waals surface area contributed by atoms with E-state index in [0.29, 0.717) is 0 Å². The first-order valence-electron chi connectivity index (χ1n) is 4.29. The van der Waals surface area contributed by atoms with Crippen molar-refractivity contribution in [3.63, 3.8) is 0 Å². The standard InChI is InChI=1S/C7H11N5O3/c1-3(7(14)15)4(2)8-6(13)5-9-11-12-10-5/h3-4H,1-2H3,(H,8,13)(H,14,15)(H,9,10,11,12). The van der Waals surface area contributed by atoms with Crippen LogP contribution >= 0.6 is 0 Å². The third kappa shape index (κ3) is 2.73. The van der Waals surface area contributed by atoms with E-state index in [2.05, 4.69) is 25.9 Å². The third-order valence-electron chi connectivity index (χ3n) is 2.05. The van der Waals surface area contributed by atoms with Crippen LogP contribution in [-0.2, 0) is 4.79 Å². The van der Waals surface area contributed by atoms with Crippen molar-refractivity contribution in [1.82, 2.24) is 25.9 Å². The van der Waals surface area contributed by atoms with Crippen LogP contribution in [-0.4, -0.2) is 43.6 Å². The number of rotatable bonds is 4. The van der Waals surface area contributed by atoms with Crippen LogP contribution in [0.15, 0.2) is 0 Å². The molecule has 1 heterocycles. The molecule has 2 atom stereocenters. The summed E-state index contributed by atoms with van der Waals surface area (Å²) in [6, 6.07) is -0.506. The van der Waals surface area contributed by atoms with Gasteiger partial charge in [-0.3, -0.25) is 9.59 Å². The van der Waals surface area contributed by atoms with Gasteiger partial charge in [-0.1, -0.05) is 0 Å². The normalized spacial score (nSPS) is 14.3. The van der Waals surface area contributed by atoms with Gasteiger partial charge in [-0.25, -0.2) is 0 Å². The topological polar surface area (TPSA) is 121 Å². The Morgan fingerprint density at radius 2 is 2.13 bits per heavy atom. The predicted molar refractivity (Wildman–Crippen MR) is 47.9 cm³/mol. The number of H-pyrrole nitrogens is 1. The van der Waals surface area contributed by atoms with Gasteiger partial charge in [0.25, 0.3) is 11.7 Å². The van der Waals surface area contributed by atoms with Gasteiger partial charge in [0.15, 0.2) is 0 Å². The maximum absolute atomic E-state index is 11.4. The highest BCUT2D eigenvalue weighted by molar-refractivity contribution is 5.90. The molecule has 82 valence electrons. The summed E-state index contributed by atoms with van der Waals surface area (Å²) in [7, 11) is 0. The minimum atomic E-state index is -0.976. The van der Waals surface area contributed by atoms with Crippen LogP contribution in [0.3, 0.4) is 0 Å². The molecular weight excluding hydrogens is 202 g/mol. The van der Waals surface area contributed by atoms with E-state index in [1.807, 2.05) is 0 Å². The highest BCUT2D eigenvalue weighted by Crippen LogP contribution is 2.02. The van der Waals surface area contributed by atoms with Crippen LogP contribution in [0.1, 0.15) is 24.5 Å². The average molecular weight is 213 g/mol. The Kier molecular flexibility index (Phi) is 3.32. The van der Waals surface area contributed by atoms with Crippen molar-refractivity contribution in [2.24, 2.45) is 5.92 Å². The maximum Gasteiger partial charge on any atom is 0.308 e. The molecule has 2 unspecified atom stereocenters. The molecule has 1 rings (SSSR count). The van der Waals surface area contributed by atoms with Crippen molar-refractivity contribution in [1.29, 1.82) is 0 Å². The Balaban J connectivity index is 2.56. The van der Waals surface area contributed by atoms with E-state index in [4.69, 9.17) is 5.11 Å². The number of hydrogen-bond acceptors (Lipinski definition) is 5. The molecule has 0 fully saturated rings. The SMILES string of the molecule is CC(NC(=O)c1nn[nH]n1)C(C)C(=O)O. The molecule has 0 aliphatic rings. The van der Waals surface area contributed by atoms with Crippen molar-refractivity contribution in [2.75, 3.05) is 0 Å². The quantitative estimate of drug-likeness (QED) is 0.592. The van der Waals surface area contributed by atoms with Crippen LogP contribution < -0.4 is 5.32 Å². The summed E-state index contributed by atoms with van der Waals surface area (Å²) in [5, 5.41) is 23.4. The molecule has 1 aromatic heterocycles. The average Bonchev–Trinajstić information content (AvgIpc) is 2.68. The second-order valence-electron chi connectivity index (χ2n) is 3.12. The molecule has 0 aliphatic heterocycles. The summed E-state index contributed by atoms with van der Waals surface area (Å²) in [4.78, 5) is 22.0. The van der Waals surface area contributed by atoms with E-state index in [1.165, 1.54) is 6.92 Å². The number of carboxylic acids is 1. The molecule has 15 heavy (non-hydrogen) atoms. The summed E-state index contributed by atoms with van der Waals surface area (Å²) in [6.07, 6.45) is 0. The van der Waals surface area contributed by atoms with Crippen LogP contribution in [0.25, 0.3) is 0 Å². The Hall–Kier alpha value is -1.99. The number of aliphatic carboxylic acids is 1. The van der Waals surface area contributed by atoms with Crippen LogP contribution in [0.5, 0.6) is 0 Å². The number of nitrogens with zero attached hydrogens (tertiary/aromatic N) is 3. The summed E-state index contributed by atoms with van der Waals surface area (Å²) in [5.41, 5.74) is 0.